The van der Waals surface area contributed by atoms with E-state index in [4.69, 9.17) is 9.47 Å². The third-order valence-corrected chi connectivity index (χ3v) is 3.60. The zero-order valence-electron chi connectivity index (χ0n) is 16.1. The first kappa shape index (κ1) is 24.9. The summed E-state index contributed by atoms with van der Waals surface area (Å²) >= 11 is 0. The summed E-state index contributed by atoms with van der Waals surface area (Å²) in [5.41, 5.74) is 1.45. The van der Waals surface area contributed by atoms with Gasteiger partial charge in [-0.15, -0.1) is 0 Å². The topological polar surface area (TPSA) is 60.5 Å². The molecule has 0 bridgehead atoms. The SMILES string of the molecule is C=CC(=O)Nc1cnc(OC)c(COC2CCCCC2)c1.CC.FC(F)F. The average molecular weight is 390 g/mol. The first-order valence-corrected chi connectivity index (χ1v) is 8.96. The van der Waals surface area contributed by atoms with Crippen LogP contribution in [0.15, 0.2) is 24.9 Å². The first-order chi connectivity index (χ1) is 13.0. The quantitative estimate of drug-likeness (QED) is 0.673. The largest absolute Gasteiger partial charge is 0.481 e. The Morgan fingerprint density at radius 1 is 1.33 bits per heavy atom. The van der Waals surface area contributed by atoms with Crippen molar-refractivity contribution in [3.8, 4) is 5.88 Å². The number of aromatic nitrogens is 1. The molecule has 0 radical (unpaired) electrons. The number of hydrogen-bond donors (Lipinski definition) is 1. The van der Waals surface area contributed by atoms with Crippen molar-refractivity contribution in [3.63, 3.8) is 0 Å². The van der Waals surface area contributed by atoms with Gasteiger partial charge in [0.2, 0.25) is 11.8 Å². The van der Waals surface area contributed by atoms with Gasteiger partial charge in [0.05, 0.1) is 31.7 Å². The maximum atomic E-state index is 11.3. The number of pyridine rings is 1. The summed E-state index contributed by atoms with van der Waals surface area (Å²) in [4.78, 5) is 15.5. The van der Waals surface area contributed by atoms with Gasteiger partial charge in [0, 0.05) is 5.56 Å². The smallest absolute Gasteiger partial charge is 0.379 e. The van der Waals surface area contributed by atoms with E-state index < -0.39 is 6.68 Å². The fraction of sp³-hybridized carbons (Fsp3) is 0.579. The number of nitrogens with zero attached hydrogens (tertiary/aromatic N) is 1. The van der Waals surface area contributed by atoms with Crippen LogP contribution in [0.25, 0.3) is 0 Å². The zero-order chi connectivity index (χ0) is 20.7. The Hall–Kier alpha value is -2.09. The molecule has 8 heteroatoms. The molecule has 1 aromatic heterocycles. The Bertz CT molecular complexity index is 548. The molecule has 0 aliphatic heterocycles. The summed E-state index contributed by atoms with van der Waals surface area (Å²) in [5, 5.41) is 2.69. The number of rotatable bonds is 6. The molecule has 1 amide bonds. The van der Waals surface area contributed by atoms with Gasteiger partial charge in [0.15, 0.2) is 0 Å². The highest BCUT2D eigenvalue weighted by Crippen LogP contribution is 2.25. The molecule has 154 valence electrons. The average Bonchev–Trinajstić information content (AvgIpc) is 2.68. The predicted molar refractivity (Wildman–Crippen MR) is 99.7 cm³/mol. The lowest BCUT2D eigenvalue weighted by molar-refractivity contribution is -0.111. The highest BCUT2D eigenvalue weighted by molar-refractivity contribution is 5.98. The van der Waals surface area contributed by atoms with Crippen LogP contribution in [-0.2, 0) is 16.1 Å². The van der Waals surface area contributed by atoms with E-state index in [1.807, 2.05) is 19.9 Å². The van der Waals surface area contributed by atoms with E-state index in [1.165, 1.54) is 25.3 Å². The first-order valence-electron chi connectivity index (χ1n) is 8.96. The number of carbonyl (C=O) groups excluding carboxylic acids is 1. The third kappa shape index (κ3) is 11.3. The van der Waals surface area contributed by atoms with Crippen molar-refractivity contribution in [2.45, 2.75) is 65.3 Å². The Balaban J connectivity index is 0.000000998. The van der Waals surface area contributed by atoms with Gasteiger partial charge in [0.1, 0.15) is 0 Å². The van der Waals surface area contributed by atoms with Gasteiger partial charge in [-0.25, -0.2) is 4.98 Å². The highest BCUT2D eigenvalue weighted by Gasteiger charge is 2.15. The Labute approximate surface area is 159 Å². The molecule has 1 saturated carbocycles. The van der Waals surface area contributed by atoms with Crippen LogP contribution in [0.3, 0.4) is 0 Å². The summed E-state index contributed by atoms with van der Waals surface area (Å²) in [6.45, 7) is 4.21. The van der Waals surface area contributed by atoms with E-state index in [0.717, 1.165) is 18.4 Å². The van der Waals surface area contributed by atoms with Gasteiger partial charge >= 0.3 is 6.68 Å². The summed E-state index contributed by atoms with van der Waals surface area (Å²) in [6.07, 6.45) is 9.09. The summed E-state index contributed by atoms with van der Waals surface area (Å²) in [5.74, 6) is 0.267. The molecule has 1 N–H and O–H groups in total. The van der Waals surface area contributed by atoms with Crippen LogP contribution >= 0.6 is 0 Å². The van der Waals surface area contributed by atoms with Crippen LogP contribution in [0.4, 0.5) is 18.9 Å². The van der Waals surface area contributed by atoms with Crippen molar-refractivity contribution >= 4 is 11.6 Å². The summed E-state index contributed by atoms with van der Waals surface area (Å²) < 4.78 is 40.2. The Kier molecular flexibility index (Phi) is 13.9. The second-order valence-corrected chi connectivity index (χ2v) is 5.40. The van der Waals surface area contributed by atoms with E-state index in [0.29, 0.717) is 24.3 Å². The fourth-order valence-electron chi connectivity index (χ4n) is 2.49. The molecule has 1 aromatic rings. The van der Waals surface area contributed by atoms with Crippen LogP contribution in [0, 0.1) is 0 Å². The van der Waals surface area contributed by atoms with Gasteiger partial charge in [0.25, 0.3) is 0 Å². The number of methoxy groups -OCH3 is 1. The molecule has 0 atom stereocenters. The maximum absolute atomic E-state index is 11.3. The van der Waals surface area contributed by atoms with Crippen molar-refractivity contribution < 1.29 is 27.4 Å². The number of nitrogens with one attached hydrogen (secondary N) is 1. The van der Waals surface area contributed by atoms with Crippen molar-refractivity contribution in [1.29, 1.82) is 0 Å². The lowest BCUT2D eigenvalue weighted by atomic mass is 9.98. The molecule has 1 heterocycles. The normalized spacial score (nSPS) is 13.6. The van der Waals surface area contributed by atoms with Crippen molar-refractivity contribution in [2.75, 3.05) is 12.4 Å². The number of alkyl halides is 3. The minimum atomic E-state index is -3.67. The second-order valence-electron chi connectivity index (χ2n) is 5.40. The lowest BCUT2D eigenvalue weighted by Crippen LogP contribution is -2.17. The molecule has 1 aliphatic carbocycles. The van der Waals surface area contributed by atoms with E-state index in [-0.39, 0.29) is 5.91 Å². The predicted octanol–water partition coefficient (Wildman–Crippen LogP) is 5.27. The Morgan fingerprint density at radius 3 is 2.44 bits per heavy atom. The van der Waals surface area contributed by atoms with Crippen LogP contribution in [-0.4, -0.2) is 30.8 Å². The summed E-state index contributed by atoms with van der Waals surface area (Å²) in [7, 11) is 1.58. The maximum Gasteiger partial charge on any atom is 0.379 e. The number of carbonyl (C=O) groups is 1. The molecule has 0 unspecified atom stereocenters. The number of hydrogen-bond acceptors (Lipinski definition) is 4. The molecule has 1 aliphatic rings. The fourth-order valence-corrected chi connectivity index (χ4v) is 2.49. The zero-order valence-corrected chi connectivity index (χ0v) is 16.1. The van der Waals surface area contributed by atoms with Gasteiger partial charge in [-0.3, -0.25) is 4.79 Å². The molecule has 0 aromatic carbocycles. The van der Waals surface area contributed by atoms with Gasteiger partial charge < -0.3 is 14.8 Å². The minimum Gasteiger partial charge on any atom is -0.481 e. The van der Waals surface area contributed by atoms with Crippen molar-refractivity contribution in [3.05, 3.63) is 30.5 Å². The van der Waals surface area contributed by atoms with Crippen molar-refractivity contribution in [1.82, 2.24) is 4.98 Å². The van der Waals surface area contributed by atoms with E-state index in [2.05, 4.69) is 16.9 Å². The molecule has 1 fully saturated rings. The van der Waals surface area contributed by atoms with Gasteiger partial charge in [-0.2, -0.15) is 13.2 Å². The molecular weight excluding hydrogens is 361 g/mol. The third-order valence-electron chi connectivity index (χ3n) is 3.60. The lowest BCUT2D eigenvalue weighted by Gasteiger charge is -2.22. The van der Waals surface area contributed by atoms with Crippen LogP contribution in [0.5, 0.6) is 5.88 Å². The molecule has 0 spiro atoms. The van der Waals surface area contributed by atoms with Crippen LogP contribution in [0.2, 0.25) is 0 Å². The van der Waals surface area contributed by atoms with E-state index in [1.54, 1.807) is 13.3 Å². The monoisotopic (exact) mass is 390 g/mol. The van der Waals surface area contributed by atoms with Gasteiger partial charge in [-0.05, 0) is 25.0 Å². The standard InChI is InChI=1S/C16H22N2O3.C2H6.CHF3/c1-3-15(19)18-13-9-12(16(20-2)17-10-13)11-21-14-7-5-4-6-8-14;1-2;2-1(3)4/h3,9-10,14H,1,4-8,11H2,2H3,(H,18,19);1-2H3;1H. The molecule has 0 saturated heterocycles. The van der Waals surface area contributed by atoms with E-state index in [9.17, 15) is 18.0 Å². The van der Waals surface area contributed by atoms with Crippen LogP contribution in [0.1, 0.15) is 51.5 Å². The van der Waals surface area contributed by atoms with Crippen LogP contribution < -0.4 is 10.1 Å². The Morgan fingerprint density at radius 2 is 1.93 bits per heavy atom. The second kappa shape index (κ2) is 15.0. The molecule has 2 rings (SSSR count). The minimum absolute atomic E-state index is 0.263. The number of amides is 1. The number of anilines is 1. The number of ether oxygens (including phenoxy) is 2. The van der Waals surface area contributed by atoms with E-state index >= 15 is 0 Å². The highest BCUT2D eigenvalue weighted by atomic mass is 19.4. The molecule has 27 heavy (non-hydrogen) atoms. The van der Waals surface area contributed by atoms with Crippen molar-refractivity contribution in [2.24, 2.45) is 0 Å². The molecular formula is C19H29F3N2O3. The summed E-state index contributed by atoms with van der Waals surface area (Å²) in [6, 6.07) is 1.83. The number of halogens is 3. The van der Waals surface area contributed by atoms with Gasteiger partial charge in [-0.1, -0.05) is 39.7 Å². The molecule has 5 nitrogen and oxygen atoms in total.